The number of oxazole rings is 1. The van der Waals surface area contributed by atoms with Gasteiger partial charge in [-0.2, -0.15) is 0 Å². The van der Waals surface area contributed by atoms with Gasteiger partial charge in [-0.3, -0.25) is 4.90 Å². The summed E-state index contributed by atoms with van der Waals surface area (Å²) in [6.07, 6.45) is 5.23. The van der Waals surface area contributed by atoms with E-state index in [0.717, 1.165) is 38.3 Å². The molecule has 23 heavy (non-hydrogen) atoms. The molecule has 0 saturated carbocycles. The molecule has 1 aliphatic heterocycles. The van der Waals surface area contributed by atoms with Crippen LogP contribution < -0.4 is 5.73 Å². The lowest BCUT2D eigenvalue weighted by Gasteiger charge is -2.31. The van der Waals surface area contributed by atoms with Crippen LogP contribution in [0.3, 0.4) is 0 Å². The molecule has 1 aliphatic rings. The topological polar surface area (TPSA) is 55.3 Å². The number of nitrogens with zero attached hydrogens (tertiary/aromatic N) is 2. The van der Waals surface area contributed by atoms with Crippen LogP contribution in [0.25, 0.3) is 11.5 Å². The molecular weight excluding hydrogens is 317 g/mol. The molecule has 1 atom stereocenters. The van der Waals surface area contributed by atoms with Gasteiger partial charge in [-0.25, -0.2) is 9.37 Å². The lowest BCUT2D eigenvalue weighted by Crippen LogP contribution is -2.35. The minimum atomic E-state index is -0.280. The van der Waals surface area contributed by atoms with Gasteiger partial charge in [0.2, 0.25) is 5.89 Å². The molecule has 1 unspecified atom stereocenters. The van der Waals surface area contributed by atoms with Crippen molar-refractivity contribution >= 4 is 12.4 Å². The summed E-state index contributed by atoms with van der Waals surface area (Å²) in [5.74, 6) is 0.885. The molecule has 4 nitrogen and oxygen atoms in total. The van der Waals surface area contributed by atoms with Gasteiger partial charge in [0.05, 0.1) is 5.69 Å². The number of rotatable bonds is 5. The second kappa shape index (κ2) is 8.43. The van der Waals surface area contributed by atoms with Crippen LogP contribution in [0, 0.1) is 11.7 Å². The Morgan fingerprint density at radius 3 is 3.04 bits per heavy atom. The number of halogens is 2. The molecule has 1 fully saturated rings. The fourth-order valence-corrected chi connectivity index (χ4v) is 3.13. The number of nitrogens with two attached hydrogens (primary N) is 1. The zero-order valence-electron chi connectivity index (χ0n) is 13.1. The fourth-order valence-electron chi connectivity index (χ4n) is 3.13. The standard InChI is InChI=1S/C17H22FN3O.ClH/c18-15-5-1-4-14(9-15)17-20-16(12-22-17)11-21-8-2-3-13(10-21)6-7-19;/h1,4-5,9,12-13H,2-3,6-8,10-11,19H2;1H. The summed E-state index contributed by atoms with van der Waals surface area (Å²) in [5.41, 5.74) is 7.23. The molecule has 1 saturated heterocycles. The molecule has 2 N–H and O–H groups in total. The highest BCUT2D eigenvalue weighted by Gasteiger charge is 2.20. The van der Waals surface area contributed by atoms with E-state index >= 15 is 0 Å². The SMILES string of the molecule is Cl.NCCC1CCCN(Cc2coc(-c3cccc(F)c3)n2)C1. The van der Waals surface area contributed by atoms with Crippen LogP contribution in [0.4, 0.5) is 4.39 Å². The molecule has 6 heteroatoms. The summed E-state index contributed by atoms with van der Waals surface area (Å²) in [4.78, 5) is 6.89. The lowest BCUT2D eigenvalue weighted by molar-refractivity contribution is 0.161. The van der Waals surface area contributed by atoms with Crippen LogP contribution >= 0.6 is 12.4 Å². The number of likely N-dealkylation sites (tertiary alicyclic amines) is 1. The number of piperidine rings is 1. The van der Waals surface area contributed by atoms with Gasteiger partial charge in [0.25, 0.3) is 0 Å². The largest absolute Gasteiger partial charge is 0.444 e. The van der Waals surface area contributed by atoms with E-state index in [4.69, 9.17) is 10.2 Å². The molecular formula is C17H23ClFN3O. The van der Waals surface area contributed by atoms with E-state index in [-0.39, 0.29) is 18.2 Å². The van der Waals surface area contributed by atoms with Gasteiger partial charge < -0.3 is 10.2 Å². The maximum absolute atomic E-state index is 13.3. The molecule has 3 rings (SSSR count). The number of aromatic nitrogens is 1. The van der Waals surface area contributed by atoms with Crippen LogP contribution in [-0.2, 0) is 6.54 Å². The Balaban J connectivity index is 0.00000192. The molecule has 2 aromatic rings. The predicted molar refractivity (Wildman–Crippen MR) is 90.8 cm³/mol. The van der Waals surface area contributed by atoms with E-state index in [2.05, 4.69) is 9.88 Å². The average molecular weight is 340 g/mol. The molecule has 0 radical (unpaired) electrons. The normalized spacial score (nSPS) is 18.6. The zero-order valence-corrected chi connectivity index (χ0v) is 13.9. The first kappa shape index (κ1) is 17.9. The van der Waals surface area contributed by atoms with Crippen LogP contribution in [0.2, 0.25) is 0 Å². The third-order valence-corrected chi connectivity index (χ3v) is 4.19. The van der Waals surface area contributed by atoms with Gasteiger partial charge in [0.15, 0.2) is 0 Å². The van der Waals surface area contributed by atoms with E-state index in [1.54, 1.807) is 18.4 Å². The van der Waals surface area contributed by atoms with Gasteiger partial charge >= 0.3 is 0 Å². The molecule has 0 amide bonds. The summed E-state index contributed by atoms with van der Waals surface area (Å²) < 4.78 is 18.8. The smallest absolute Gasteiger partial charge is 0.226 e. The fraction of sp³-hybridized carbons (Fsp3) is 0.471. The number of hydrogen-bond donors (Lipinski definition) is 1. The molecule has 2 heterocycles. The summed E-state index contributed by atoms with van der Waals surface area (Å²) in [6.45, 7) is 3.69. The summed E-state index contributed by atoms with van der Waals surface area (Å²) in [7, 11) is 0. The highest BCUT2D eigenvalue weighted by atomic mass is 35.5. The van der Waals surface area contributed by atoms with Crippen LogP contribution in [0.5, 0.6) is 0 Å². The van der Waals surface area contributed by atoms with Crippen molar-refractivity contribution in [3.63, 3.8) is 0 Å². The predicted octanol–water partition coefficient (Wildman–Crippen LogP) is 3.46. The monoisotopic (exact) mass is 339 g/mol. The third kappa shape index (κ3) is 4.77. The van der Waals surface area contributed by atoms with Crippen molar-refractivity contribution in [1.29, 1.82) is 0 Å². The average Bonchev–Trinajstić information content (AvgIpc) is 2.96. The summed E-state index contributed by atoms with van der Waals surface area (Å²) in [6, 6.07) is 6.32. The van der Waals surface area contributed by atoms with Crippen molar-refractivity contribution < 1.29 is 8.81 Å². The number of benzene rings is 1. The van der Waals surface area contributed by atoms with Crippen LogP contribution in [0.15, 0.2) is 34.9 Å². The third-order valence-electron chi connectivity index (χ3n) is 4.19. The second-order valence-corrected chi connectivity index (χ2v) is 5.98. The summed E-state index contributed by atoms with van der Waals surface area (Å²) >= 11 is 0. The highest BCUT2D eigenvalue weighted by Crippen LogP contribution is 2.23. The molecule has 0 spiro atoms. The van der Waals surface area contributed by atoms with Crippen molar-refractivity contribution in [3.8, 4) is 11.5 Å². The zero-order chi connectivity index (χ0) is 15.4. The minimum absolute atomic E-state index is 0. The van der Waals surface area contributed by atoms with Gasteiger partial charge in [-0.15, -0.1) is 12.4 Å². The van der Waals surface area contributed by atoms with Gasteiger partial charge in [0, 0.05) is 18.7 Å². The second-order valence-electron chi connectivity index (χ2n) is 5.98. The quantitative estimate of drug-likeness (QED) is 0.906. The van der Waals surface area contributed by atoms with Crippen molar-refractivity contribution in [2.24, 2.45) is 11.7 Å². The van der Waals surface area contributed by atoms with E-state index in [1.165, 1.54) is 25.0 Å². The highest BCUT2D eigenvalue weighted by molar-refractivity contribution is 5.85. The Morgan fingerprint density at radius 1 is 1.39 bits per heavy atom. The first-order valence-corrected chi connectivity index (χ1v) is 7.87. The Labute approximate surface area is 142 Å². The Morgan fingerprint density at radius 2 is 2.26 bits per heavy atom. The van der Waals surface area contributed by atoms with Gasteiger partial charge in [-0.05, 0) is 56.5 Å². The number of hydrogen-bond acceptors (Lipinski definition) is 4. The Bertz CT molecular complexity index is 617. The van der Waals surface area contributed by atoms with Crippen molar-refractivity contribution in [1.82, 2.24) is 9.88 Å². The Hall–Kier alpha value is -1.43. The molecule has 1 aromatic heterocycles. The lowest BCUT2D eigenvalue weighted by atomic mass is 9.95. The van der Waals surface area contributed by atoms with Crippen molar-refractivity contribution in [2.75, 3.05) is 19.6 Å². The van der Waals surface area contributed by atoms with E-state index in [1.807, 2.05) is 0 Å². The van der Waals surface area contributed by atoms with Gasteiger partial charge in [-0.1, -0.05) is 6.07 Å². The Kier molecular flexibility index (Phi) is 6.57. The van der Waals surface area contributed by atoms with Gasteiger partial charge in [0.1, 0.15) is 12.1 Å². The van der Waals surface area contributed by atoms with E-state index in [0.29, 0.717) is 17.4 Å². The maximum Gasteiger partial charge on any atom is 0.226 e. The van der Waals surface area contributed by atoms with E-state index < -0.39 is 0 Å². The van der Waals surface area contributed by atoms with E-state index in [9.17, 15) is 4.39 Å². The summed E-state index contributed by atoms with van der Waals surface area (Å²) in [5, 5.41) is 0. The maximum atomic E-state index is 13.3. The van der Waals surface area contributed by atoms with Crippen molar-refractivity contribution in [3.05, 3.63) is 42.0 Å². The minimum Gasteiger partial charge on any atom is -0.444 e. The van der Waals surface area contributed by atoms with Crippen molar-refractivity contribution in [2.45, 2.75) is 25.8 Å². The first-order valence-electron chi connectivity index (χ1n) is 7.87. The molecule has 0 aliphatic carbocycles. The first-order chi connectivity index (χ1) is 10.7. The van der Waals surface area contributed by atoms with Crippen LogP contribution in [-0.4, -0.2) is 29.5 Å². The van der Waals surface area contributed by atoms with Crippen LogP contribution in [0.1, 0.15) is 25.0 Å². The molecule has 1 aromatic carbocycles. The molecule has 0 bridgehead atoms. The molecule has 126 valence electrons.